The summed E-state index contributed by atoms with van der Waals surface area (Å²) in [5.41, 5.74) is 0.270. The van der Waals surface area contributed by atoms with Gasteiger partial charge in [0.1, 0.15) is 6.29 Å². The predicted molar refractivity (Wildman–Crippen MR) is 66.5 cm³/mol. The summed E-state index contributed by atoms with van der Waals surface area (Å²) in [7, 11) is 0. The zero-order valence-corrected chi connectivity index (χ0v) is 10.6. The molecule has 0 aliphatic heterocycles. The van der Waals surface area contributed by atoms with Gasteiger partial charge in [-0.25, -0.2) is 0 Å². The number of ether oxygens (including phenoxy) is 1. The van der Waals surface area contributed by atoms with Crippen molar-refractivity contribution in [2.24, 2.45) is 5.41 Å². The largest absolute Gasteiger partial charge is 0.389 e. The molecule has 0 aromatic heterocycles. The molecule has 94 valence electrons. The Bertz CT molecular complexity index is 346. The Kier molecular flexibility index (Phi) is 4.85. The van der Waals surface area contributed by atoms with Gasteiger partial charge in [-0.3, -0.25) is 0 Å². The molecule has 0 amide bonds. The zero-order valence-electron chi connectivity index (χ0n) is 10.6. The highest BCUT2D eigenvalue weighted by molar-refractivity contribution is 5.59. The van der Waals surface area contributed by atoms with Gasteiger partial charge >= 0.3 is 0 Å². The third-order valence-electron chi connectivity index (χ3n) is 2.87. The monoisotopic (exact) mass is 236 g/mol. The van der Waals surface area contributed by atoms with Crippen LogP contribution in [0.4, 0.5) is 0 Å². The van der Waals surface area contributed by atoms with E-state index in [0.717, 1.165) is 11.8 Å². The van der Waals surface area contributed by atoms with E-state index in [1.54, 1.807) is 20.8 Å². The maximum atomic E-state index is 10.8. The number of carbonyl (C=O) groups excluding carboxylic acids is 1. The van der Waals surface area contributed by atoms with Gasteiger partial charge in [-0.2, -0.15) is 0 Å². The van der Waals surface area contributed by atoms with Gasteiger partial charge in [0, 0.05) is 5.41 Å². The van der Waals surface area contributed by atoms with Crippen LogP contribution in [0.1, 0.15) is 26.3 Å². The zero-order chi connectivity index (χ0) is 12.9. The van der Waals surface area contributed by atoms with Crippen molar-refractivity contribution in [1.29, 1.82) is 0 Å². The summed E-state index contributed by atoms with van der Waals surface area (Å²) in [4.78, 5) is 10.8. The second kappa shape index (κ2) is 5.94. The fourth-order valence-corrected chi connectivity index (χ4v) is 1.57. The molecular formula is C14H20O3. The first-order valence-electron chi connectivity index (χ1n) is 5.77. The second-order valence-electron chi connectivity index (χ2n) is 4.89. The number of rotatable bonds is 6. The van der Waals surface area contributed by atoms with Crippen molar-refractivity contribution in [3.8, 4) is 0 Å². The molecule has 0 saturated carbocycles. The third-order valence-corrected chi connectivity index (χ3v) is 2.87. The molecule has 17 heavy (non-hydrogen) atoms. The molecular weight excluding hydrogens is 216 g/mol. The van der Waals surface area contributed by atoms with Crippen molar-refractivity contribution in [3.63, 3.8) is 0 Å². The van der Waals surface area contributed by atoms with Crippen molar-refractivity contribution in [1.82, 2.24) is 0 Å². The fraction of sp³-hybridized carbons (Fsp3) is 0.500. The van der Waals surface area contributed by atoms with Gasteiger partial charge in [-0.05, 0) is 12.5 Å². The predicted octanol–water partition coefficient (Wildman–Crippen LogP) is 2.18. The van der Waals surface area contributed by atoms with E-state index in [0.29, 0.717) is 6.61 Å². The van der Waals surface area contributed by atoms with Crippen molar-refractivity contribution >= 4 is 6.29 Å². The molecule has 0 heterocycles. The van der Waals surface area contributed by atoms with E-state index >= 15 is 0 Å². The molecule has 1 aromatic rings. The summed E-state index contributed by atoms with van der Waals surface area (Å²) >= 11 is 0. The average Bonchev–Trinajstić information content (AvgIpc) is 2.36. The smallest absolute Gasteiger partial charge is 0.128 e. The van der Waals surface area contributed by atoms with E-state index in [4.69, 9.17) is 4.74 Å². The summed E-state index contributed by atoms with van der Waals surface area (Å²) < 4.78 is 5.57. The quantitative estimate of drug-likeness (QED) is 0.770. The van der Waals surface area contributed by atoms with E-state index < -0.39 is 11.5 Å². The van der Waals surface area contributed by atoms with Gasteiger partial charge in [0.2, 0.25) is 0 Å². The number of aldehydes is 1. The first-order valence-corrected chi connectivity index (χ1v) is 5.77. The van der Waals surface area contributed by atoms with Gasteiger partial charge in [0.25, 0.3) is 0 Å². The van der Waals surface area contributed by atoms with Gasteiger partial charge in [0.05, 0.1) is 18.8 Å². The first-order chi connectivity index (χ1) is 7.97. The Morgan fingerprint density at radius 2 is 1.94 bits per heavy atom. The van der Waals surface area contributed by atoms with Crippen LogP contribution in [0.25, 0.3) is 0 Å². The molecule has 0 saturated heterocycles. The van der Waals surface area contributed by atoms with Gasteiger partial charge in [0.15, 0.2) is 0 Å². The summed E-state index contributed by atoms with van der Waals surface area (Å²) in [5.74, 6) is 0. The lowest BCUT2D eigenvalue weighted by atomic mass is 9.85. The lowest BCUT2D eigenvalue weighted by Crippen LogP contribution is -2.40. The Labute approximate surface area is 102 Å². The minimum absolute atomic E-state index is 0.379. The highest BCUT2D eigenvalue weighted by Crippen LogP contribution is 2.22. The van der Waals surface area contributed by atoms with Crippen molar-refractivity contribution in [2.75, 3.05) is 0 Å². The van der Waals surface area contributed by atoms with Crippen molar-refractivity contribution < 1.29 is 14.6 Å². The maximum absolute atomic E-state index is 10.8. The second-order valence-corrected chi connectivity index (χ2v) is 4.89. The maximum Gasteiger partial charge on any atom is 0.128 e. The molecule has 1 aromatic carbocycles. The molecule has 1 rings (SSSR count). The fourth-order valence-electron chi connectivity index (χ4n) is 1.57. The molecule has 3 heteroatoms. The highest BCUT2D eigenvalue weighted by Gasteiger charge is 2.32. The Morgan fingerprint density at radius 3 is 2.47 bits per heavy atom. The first kappa shape index (κ1) is 13.9. The van der Waals surface area contributed by atoms with Crippen molar-refractivity contribution in [3.05, 3.63) is 35.9 Å². The average molecular weight is 236 g/mol. The van der Waals surface area contributed by atoms with E-state index in [1.807, 2.05) is 30.3 Å². The molecule has 3 nitrogen and oxygen atoms in total. The Hall–Kier alpha value is -1.19. The SMILES string of the molecule is C[C@H](OCc1ccccc1)[C@@H](O)C(C)(C)C=O. The van der Waals surface area contributed by atoms with Gasteiger partial charge in [-0.15, -0.1) is 0 Å². The van der Waals surface area contributed by atoms with Crippen LogP contribution in [0.15, 0.2) is 30.3 Å². The van der Waals surface area contributed by atoms with Crippen LogP contribution in [0, 0.1) is 5.41 Å². The van der Waals surface area contributed by atoms with E-state index in [-0.39, 0.29) is 6.10 Å². The summed E-state index contributed by atoms with van der Waals surface area (Å²) in [6, 6.07) is 9.75. The van der Waals surface area contributed by atoms with E-state index in [9.17, 15) is 9.90 Å². The Balaban J connectivity index is 2.50. The molecule has 1 N–H and O–H groups in total. The third kappa shape index (κ3) is 3.95. The minimum atomic E-state index is -0.802. The molecule has 0 aliphatic carbocycles. The number of carbonyl (C=O) groups is 1. The summed E-state index contributed by atoms with van der Waals surface area (Å²) in [6.45, 7) is 5.62. The molecule has 2 atom stereocenters. The number of hydrogen-bond acceptors (Lipinski definition) is 3. The molecule has 0 bridgehead atoms. The van der Waals surface area contributed by atoms with Crippen molar-refractivity contribution in [2.45, 2.75) is 39.6 Å². The lowest BCUT2D eigenvalue weighted by Gasteiger charge is -2.29. The minimum Gasteiger partial charge on any atom is -0.389 e. The van der Waals surface area contributed by atoms with Crippen LogP contribution < -0.4 is 0 Å². The van der Waals surface area contributed by atoms with Gasteiger partial charge < -0.3 is 14.6 Å². The standard InChI is InChI=1S/C14H20O3/c1-11(13(16)14(2,3)10-15)17-9-12-7-5-4-6-8-12/h4-8,10-11,13,16H,9H2,1-3H3/t11-,13+/m0/s1. The number of aliphatic hydroxyl groups excluding tert-OH is 1. The number of hydrogen-bond donors (Lipinski definition) is 1. The lowest BCUT2D eigenvalue weighted by molar-refractivity contribution is -0.129. The van der Waals surface area contributed by atoms with Gasteiger partial charge in [-0.1, -0.05) is 44.2 Å². The molecule has 0 unspecified atom stereocenters. The van der Waals surface area contributed by atoms with Crippen LogP contribution >= 0.6 is 0 Å². The molecule has 0 aliphatic rings. The van der Waals surface area contributed by atoms with E-state index in [1.165, 1.54) is 0 Å². The normalized spacial score (nSPS) is 15.3. The highest BCUT2D eigenvalue weighted by atomic mass is 16.5. The van der Waals surface area contributed by atoms with E-state index in [2.05, 4.69) is 0 Å². The molecule has 0 spiro atoms. The number of benzene rings is 1. The van der Waals surface area contributed by atoms with Crippen LogP contribution in [-0.4, -0.2) is 23.6 Å². The molecule has 0 radical (unpaired) electrons. The number of aliphatic hydroxyl groups is 1. The van der Waals surface area contributed by atoms with Crippen LogP contribution in [0.3, 0.4) is 0 Å². The van der Waals surface area contributed by atoms with Crippen LogP contribution in [-0.2, 0) is 16.1 Å². The topological polar surface area (TPSA) is 46.5 Å². The summed E-state index contributed by atoms with van der Waals surface area (Å²) in [5, 5.41) is 9.97. The molecule has 0 fully saturated rings. The Morgan fingerprint density at radius 1 is 1.35 bits per heavy atom. The van der Waals surface area contributed by atoms with Crippen LogP contribution in [0.5, 0.6) is 0 Å². The van der Waals surface area contributed by atoms with Crippen LogP contribution in [0.2, 0.25) is 0 Å². The summed E-state index contributed by atoms with van der Waals surface area (Å²) in [6.07, 6.45) is -0.417.